The second-order valence-corrected chi connectivity index (χ2v) is 4.09. The molecule has 0 saturated carbocycles. The number of hydrogen-bond donors (Lipinski definition) is 2. The van der Waals surface area contributed by atoms with Crippen molar-refractivity contribution >= 4 is 16.8 Å². The molecule has 0 radical (unpaired) electrons. The number of carbonyl (C=O) groups excluding carboxylic acids is 1. The van der Waals surface area contributed by atoms with Crippen molar-refractivity contribution in [2.24, 2.45) is 0 Å². The first-order valence-corrected chi connectivity index (χ1v) is 5.59. The van der Waals surface area contributed by atoms with Gasteiger partial charge in [0.2, 0.25) is 0 Å². The van der Waals surface area contributed by atoms with E-state index in [1.54, 1.807) is 13.0 Å². The first kappa shape index (κ1) is 12.4. The number of pyridine rings is 1. The van der Waals surface area contributed by atoms with Gasteiger partial charge in [0.25, 0.3) is 5.91 Å². The van der Waals surface area contributed by atoms with Gasteiger partial charge in [-0.05, 0) is 31.2 Å². The van der Waals surface area contributed by atoms with Gasteiger partial charge in [-0.2, -0.15) is 0 Å². The number of nitrogens with zero attached hydrogens (tertiary/aromatic N) is 1. The largest absolute Gasteiger partial charge is 0.392 e. The summed E-state index contributed by atoms with van der Waals surface area (Å²) in [4.78, 5) is 15.8. The van der Waals surface area contributed by atoms with Gasteiger partial charge in [-0.3, -0.25) is 4.79 Å². The Morgan fingerprint density at radius 2 is 2.22 bits per heavy atom. The maximum Gasteiger partial charge on any atom is 0.269 e. The van der Waals surface area contributed by atoms with Crippen LogP contribution in [0.4, 0.5) is 4.39 Å². The van der Waals surface area contributed by atoms with Crippen LogP contribution in [0.1, 0.15) is 17.4 Å². The highest BCUT2D eigenvalue weighted by Gasteiger charge is 2.08. The molecule has 0 fully saturated rings. The predicted molar refractivity (Wildman–Crippen MR) is 65.7 cm³/mol. The molecule has 0 aliphatic carbocycles. The van der Waals surface area contributed by atoms with Crippen molar-refractivity contribution in [2.45, 2.75) is 13.0 Å². The van der Waals surface area contributed by atoms with Gasteiger partial charge in [-0.1, -0.05) is 6.07 Å². The SMILES string of the molecule is CC(O)CNC(=O)c1ccc2cc(F)ccc2n1. The predicted octanol–water partition coefficient (Wildman–Crippen LogP) is 1.48. The van der Waals surface area contributed by atoms with Gasteiger partial charge < -0.3 is 10.4 Å². The molecule has 1 atom stereocenters. The molecule has 0 spiro atoms. The van der Waals surface area contributed by atoms with Crippen LogP contribution in [0.2, 0.25) is 0 Å². The third kappa shape index (κ3) is 2.81. The van der Waals surface area contributed by atoms with E-state index < -0.39 is 6.10 Å². The number of aliphatic hydroxyl groups excluding tert-OH is 1. The number of amides is 1. The van der Waals surface area contributed by atoms with Crippen molar-refractivity contribution in [3.8, 4) is 0 Å². The molecule has 1 aromatic heterocycles. The molecule has 18 heavy (non-hydrogen) atoms. The molecule has 1 heterocycles. The van der Waals surface area contributed by atoms with E-state index in [9.17, 15) is 9.18 Å². The normalized spacial score (nSPS) is 12.4. The molecule has 1 unspecified atom stereocenters. The van der Waals surface area contributed by atoms with Crippen molar-refractivity contribution in [3.63, 3.8) is 0 Å². The molecule has 2 aromatic rings. The summed E-state index contributed by atoms with van der Waals surface area (Å²) in [6, 6.07) is 7.35. The van der Waals surface area contributed by atoms with Crippen LogP contribution in [0, 0.1) is 5.82 Å². The van der Waals surface area contributed by atoms with Crippen LogP contribution in [0.3, 0.4) is 0 Å². The van der Waals surface area contributed by atoms with Crippen molar-refractivity contribution in [3.05, 3.63) is 41.8 Å². The molecule has 4 nitrogen and oxygen atoms in total. The average molecular weight is 248 g/mol. The van der Waals surface area contributed by atoms with Crippen molar-refractivity contribution in [1.82, 2.24) is 10.3 Å². The van der Waals surface area contributed by atoms with Crippen LogP contribution in [-0.4, -0.2) is 28.6 Å². The highest BCUT2D eigenvalue weighted by molar-refractivity contribution is 5.94. The van der Waals surface area contributed by atoms with Gasteiger partial charge in [0.1, 0.15) is 11.5 Å². The first-order valence-electron chi connectivity index (χ1n) is 5.59. The average Bonchev–Trinajstić information content (AvgIpc) is 2.35. The summed E-state index contributed by atoms with van der Waals surface area (Å²) in [6.07, 6.45) is -0.608. The third-order valence-corrected chi connectivity index (χ3v) is 2.44. The van der Waals surface area contributed by atoms with Crippen molar-refractivity contribution < 1.29 is 14.3 Å². The van der Waals surface area contributed by atoms with Crippen LogP contribution in [-0.2, 0) is 0 Å². The lowest BCUT2D eigenvalue weighted by Gasteiger charge is -2.07. The lowest BCUT2D eigenvalue weighted by Crippen LogP contribution is -2.31. The van der Waals surface area contributed by atoms with Gasteiger partial charge in [0.05, 0.1) is 11.6 Å². The molecule has 0 aliphatic heterocycles. The van der Waals surface area contributed by atoms with Gasteiger partial charge in [-0.15, -0.1) is 0 Å². The minimum absolute atomic E-state index is 0.169. The summed E-state index contributed by atoms with van der Waals surface area (Å²) in [5, 5.41) is 12.3. The fraction of sp³-hybridized carbons (Fsp3) is 0.231. The van der Waals surface area contributed by atoms with Crippen LogP contribution in [0.5, 0.6) is 0 Å². The molecule has 0 bridgehead atoms. The lowest BCUT2D eigenvalue weighted by molar-refractivity contribution is 0.0919. The quantitative estimate of drug-likeness (QED) is 0.865. The molecule has 0 aliphatic rings. The van der Waals surface area contributed by atoms with E-state index >= 15 is 0 Å². The summed E-state index contributed by atoms with van der Waals surface area (Å²) in [5.41, 5.74) is 0.802. The molecule has 0 saturated heterocycles. The van der Waals surface area contributed by atoms with Gasteiger partial charge in [0, 0.05) is 11.9 Å². The summed E-state index contributed by atoms with van der Waals surface area (Å²) in [5.74, 6) is -0.697. The van der Waals surface area contributed by atoms with E-state index in [0.717, 1.165) is 0 Å². The van der Waals surface area contributed by atoms with Gasteiger partial charge in [-0.25, -0.2) is 9.37 Å². The Bertz CT molecular complexity index is 584. The van der Waals surface area contributed by atoms with E-state index in [-0.39, 0.29) is 24.0 Å². The molecular weight excluding hydrogens is 235 g/mol. The standard InChI is InChI=1S/C13H13FN2O2/c1-8(17)7-15-13(18)12-4-2-9-6-10(14)3-5-11(9)16-12/h2-6,8,17H,7H2,1H3,(H,15,18). The van der Waals surface area contributed by atoms with Crippen LogP contribution < -0.4 is 5.32 Å². The van der Waals surface area contributed by atoms with Crippen molar-refractivity contribution in [2.75, 3.05) is 6.54 Å². The Hall–Kier alpha value is -2.01. The number of aromatic nitrogens is 1. The maximum absolute atomic E-state index is 13.0. The molecule has 1 aromatic carbocycles. The van der Waals surface area contributed by atoms with Crippen molar-refractivity contribution in [1.29, 1.82) is 0 Å². The highest BCUT2D eigenvalue weighted by atomic mass is 19.1. The van der Waals surface area contributed by atoms with E-state index in [1.807, 2.05) is 0 Å². The molecular formula is C13H13FN2O2. The second-order valence-electron chi connectivity index (χ2n) is 4.09. The van der Waals surface area contributed by atoms with E-state index in [4.69, 9.17) is 5.11 Å². The van der Waals surface area contributed by atoms with E-state index in [1.165, 1.54) is 24.3 Å². The van der Waals surface area contributed by atoms with E-state index in [2.05, 4.69) is 10.3 Å². The minimum Gasteiger partial charge on any atom is -0.392 e. The Labute approximate surface area is 103 Å². The molecule has 1 amide bonds. The minimum atomic E-state index is -0.608. The fourth-order valence-corrected chi connectivity index (χ4v) is 1.55. The summed E-state index contributed by atoms with van der Waals surface area (Å²) in [6.45, 7) is 1.75. The zero-order valence-electron chi connectivity index (χ0n) is 9.85. The second kappa shape index (κ2) is 5.10. The smallest absolute Gasteiger partial charge is 0.269 e. The Balaban J connectivity index is 2.24. The molecule has 94 valence electrons. The van der Waals surface area contributed by atoms with Crippen LogP contribution >= 0.6 is 0 Å². The summed E-state index contributed by atoms with van der Waals surface area (Å²) < 4.78 is 13.0. The number of rotatable bonds is 3. The van der Waals surface area contributed by atoms with Gasteiger partial charge >= 0.3 is 0 Å². The monoisotopic (exact) mass is 248 g/mol. The fourth-order valence-electron chi connectivity index (χ4n) is 1.55. The van der Waals surface area contributed by atoms with Gasteiger partial charge in [0.15, 0.2) is 0 Å². The molecule has 2 N–H and O–H groups in total. The molecule has 5 heteroatoms. The maximum atomic E-state index is 13.0. The first-order chi connectivity index (χ1) is 8.56. The summed E-state index contributed by atoms with van der Waals surface area (Å²) >= 11 is 0. The zero-order valence-corrected chi connectivity index (χ0v) is 9.85. The zero-order chi connectivity index (χ0) is 13.1. The Kier molecular flexibility index (Phi) is 3.53. The Morgan fingerprint density at radius 3 is 2.94 bits per heavy atom. The van der Waals surface area contributed by atoms with Crippen LogP contribution in [0.15, 0.2) is 30.3 Å². The number of fused-ring (bicyclic) bond motifs is 1. The third-order valence-electron chi connectivity index (χ3n) is 2.44. The number of benzene rings is 1. The summed E-state index contributed by atoms with van der Waals surface area (Å²) in [7, 11) is 0. The van der Waals surface area contributed by atoms with E-state index in [0.29, 0.717) is 10.9 Å². The number of hydrogen-bond acceptors (Lipinski definition) is 3. The number of carbonyl (C=O) groups is 1. The number of aliphatic hydroxyl groups is 1. The number of halogens is 1. The lowest BCUT2D eigenvalue weighted by atomic mass is 10.2. The molecule has 2 rings (SSSR count). The Morgan fingerprint density at radius 1 is 1.44 bits per heavy atom. The topological polar surface area (TPSA) is 62.2 Å². The highest BCUT2D eigenvalue weighted by Crippen LogP contribution is 2.14. The van der Waals surface area contributed by atoms with Crippen LogP contribution in [0.25, 0.3) is 10.9 Å². The number of nitrogens with one attached hydrogen (secondary N) is 1.